The van der Waals surface area contributed by atoms with E-state index in [2.05, 4.69) is 32.7 Å². The summed E-state index contributed by atoms with van der Waals surface area (Å²) in [6.45, 7) is 13.8. The average Bonchev–Trinajstić information content (AvgIpc) is 3.56. The van der Waals surface area contributed by atoms with Gasteiger partial charge in [0.05, 0.1) is 7.11 Å². The van der Waals surface area contributed by atoms with Crippen LogP contribution in [-0.4, -0.2) is 13.2 Å². The van der Waals surface area contributed by atoms with E-state index in [4.69, 9.17) is 0 Å². The van der Waals surface area contributed by atoms with Gasteiger partial charge in [0.15, 0.2) is 0 Å². The summed E-state index contributed by atoms with van der Waals surface area (Å²) in [4.78, 5) is 8.93. The minimum atomic E-state index is 0. The Morgan fingerprint density at radius 1 is 0.828 bits per heavy atom. The van der Waals surface area contributed by atoms with Crippen molar-refractivity contribution in [2.75, 3.05) is 7.11 Å². The third-order valence-electron chi connectivity index (χ3n) is 2.78. The van der Waals surface area contributed by atoms with E-state index in [-0.39, 0.29) is 21.1 Å². The molecule has 4 heteroatoms. The van der Waals surface area contributed by atoms with Crippen molar-refractivity contribution < 1.29 is 35.6 Å². The van der Waals surface area contributed by atoms with Crippen LogP contribution in [0, 0.1) is 6.61 Å². The average molecular weight is 569 g/mol. The molecule has 0 N–H and O–H groups in total. The Bertz CT molecular complexity index is 580. The van der Waals surface area contributed by atoms with Crippen LogP contribution < -0.4 is 0 Å². The van der Waals surface area contributed by atoms with Crippen LogP contribution in [-0.2, 0) is 35.6 Å². The number of hydrogen-bond donors (Lipinski definition) is 0. The summed E-state index contributed by atoms with van der Waals surface area (Å²) in [5.74, 6) is 0. The smallest absolute Gasteiger partial charge is 0.130 e. The quantitative estimate of drug-likeness (QED) is 0.125. The molecule has 1 unspecified atom stereocenters. The van der Waals surface area contributed by atoms with Crippen molar-refractivity contribution in [3.63, 3.8) is 0 Å². The summed E-state index contributed by atoms with van der Waals surface area (Å²) in [6.07, 6.45) is 7.90. The molecule has 0 saturated carbocycles. The van der Waals surface area contributed by atoms with E-state index in [1.165, 1.54) is 18.9 Å². The molecule has 1 saturated heterocycles. The molecule has 3 nitrogen and oxygen atoms in total. The third kappa shape index (κ3) is 24.3. The number of hydrogen-bond acceptors (Lipinski definition) is 3. The van der Waals surface area contributed by atoms with Gasteiger partial charge in [-0.3, -0.25) is 0 Å². The fourth-order valence-corrected chi connectivity index (χ4v) is 1.56. The molecule has 1 aliphatic heterocycles. The normalized spacial score (nSPS) is 13.0. The zero-order valence-corrected chi connectivity index (χ0v) is 21.8. The van der Waals surface area contributed by atoms with Gasteiger partial charge in [0, 0.05) is 21.1 Å². The van der Waals surface area contributed by atoms with Crippen LogP contribution in [0.15, 0.2) is 73.0 Å². The van der Waals surface area contributed by atoms with Crippen molar-refractivity contribution in [3.05, 3.63) is 90.7 Å². The Balaban J connectivity index is -0.000000337. The summed E-state index contributed by atoms with van der Waals surface area (Å²) in [5.41, 5.74) is 2.35. The molecule has 1 fully saturated rings. The van der Waals surface area contributed by atoms with Crippen molar-refractivity contribution in [1.29, 1.82) is 0 Å². The third-order valence-corrected chi connectivity index (χ3v) is 2.78. The molecule has 29 heavy (non-hydrogen) atoms. The van der Waals surface area contributed by atoms with Gasteiger partial charge in [-0.1, -0.05) is 114 Å². The fraction of sp³-hybridized carbons (Fsp3) is 0.320. The first-order valence-electron chi connectivity index (χ1n) is 9.84. The Kier molecular flexibility index (Phi) is 29.1. The molecule has 2 aromatic carbocycles. The second-order valence-corrected chi connectivity index (χ2v) is 4.86. The van der Waals surface area contributed by atoms with E-state index >= 15 is 0 Å². The van der Waals surface area contributed by atoms with Crippen LogP contribution in [0.1, 0.15) is 52.7 Å². The zero-order valence-electron chi connectivity index (χ0n) is 18.9. The van der Waals surface area contributed by atoms with Gasteiger partial charge in [0.25, 0.3) is 0 Å². The predicted octanol–water partition coefficient (Wildman–Crippen LogP) is 7.57. The van der Waals surface area contributed by atoms with Crippen molar-refractivity contribution in [2.24, 2.45) is 0 Å². The molecular formula is C25H37O3W-. The van der Waals surface area contributed by atoms with E-state index < -0.39 is 0 Å². The van der Waals surface area contributed by atoms with Crippen LogP contribution in [0.4, 0.5) is 0 Å². The minimum Gasteiger partial charge on any atom is -0.570 e. The van der Waals surface area contributed by atoms with E-state index in [1.807, 2.05) is 102 Å². The molecule has 0 radical (unpaired) electrons. The van der Waals surface area contributed by atoms with Crippen LogP contribution in [0.25, 0.3) is 12.2 Å². The molecule has 3 rings (SSSR count). The van der Waals surface area contributed by atoms with Crippen molar-refractivity contribution in [3.8, 4) is 0 Å². The van der Waals surface area contributed by atoms with Gasteiger partial charge in [0.1, 0.15) is 6.26 Å². The van der Waals surface area contributed by atoms with Gasteiger partial charge < -0.3 is 9.62 Å². The maximum atomic E-state index is 4.58. The molecule has 1 heterocycles. The minimum absolute atomic E-state index is 0. The second-order valence-electron chi connectivity index (χ2n) is 4.86. The number of rotatable bonds is 4. The maximum Gasteiger partial charge on any atom is 0.130 e. The van der Waals surface area contributed by atoms with Crippen LogP contribution >= 0.6 is 0 Å². The molecule has 0 aliphatic carbocycles. The molecule has 0 spiro atoms. The van der Waals surface area contributed by atoms with Gasteiger partial charge in [-0.05, 0) is 24.1 Å². The Labute approximate surface area is 193 Å². The fourth-order valence-electron chi connectivity index (χ4n) is 1.56. The summed E-state index contributed by atoms with van der Waals surface area (Å²) in [7, 11) is 1.47. The molecule has 1 aliphatic rings. The first kappa shape index (κ1) is 32.0. The molecule has 0 aromatic heterocycles. The molecule has 2 aromatic rings. The van der Waals surface area contributed by atoms with E-state index in [9.17, 15) is 0 Å². The summed E-state index contributed by atoms with van der Waals surface area (Å²) >= 11 is 0. The molecule has 0 bridgehead atoms. The number of ether oxygens (including phenoxy) is 1. The second kappa shape index (κ2) is 26.3. The summed E-state index contributed by atoms with van der Waals surface area (Å²) in [6, 6.07) is 20.1. The van der Waals surface area contributed by atoms with Gasteiger partial charge in [-0.25, -0.2) is 0 Å². The van der Waals surface area contributed by atoms with Crippen LogP contribution in [0.5, 0.6) is 0 Å². The molecule has 1 atom stereocenters. The Hall–Kier alpha value is -1.67. The number of allylic oxidation sites excluding steroid dienone is 1. The van der Waals surface area contributed by atoms with Crippen LogP contribution in [0.3, 0.4) is 0 Å². The Morgan fingerprint density at radius 2 is 1.21 bits per heavy atom. The van der Waals surface area contributed by atoms with Crippen LogP contribution in [0.2, 0.25) is 0 Å². The molecule has 0 amide bonds. The van der Waals surface area contributed by atoms with Gasteiger partial charge in [-0.15, -0.1) is 0 Å². The topological polar surface area (TPSA) is 31.0 Å². The van der Waals surface area contributed by atoms with Gasteiger partial charge >= 0.3 is 0 Å². The van der Waals surface area contributed by atoms with Crippen molar-refractivity contribution in [1.82, 2.24) is 0 Å². The summed E-state index contributed by atoms with van der Waals surface area (Å²) < 4.78 is 4.58. The summed E-state index contributed by atoms with van der Waals surface area (Å²) in [5, 5.41) is 0. The largest absolute Gasteiger partial charge is 0.570 e. The van der Waals surface area contributed by atoms with Gasteiger partial charge in [-0.2, -0.15) is 11.5 Å². The van der Waals surface area contributed by atoms with Crippen molar-refractivity contribution in [2.45, 2.75) is 47.6 Å². The standard InChI is InChI=1S/C9H10O2.C9H10.C3H5O.2C2H6.W/c1-10-11-8-7-9-5-3-2-4-6-9;1-2-6-9-7-4-3-5-8-9;1-3-2-4-3;2*1-2;/h2-8H,1H3;2-8H,1H3;2-3H,1H3;2*1-2H3;/q;;-1;;;/b8-7-;;;;;. The van der Waals surface area contributed by atoms with Gasteiger partial charge in [0.2, 0.25) is 0 Å². The maximum absolute atomic E-state index is 4.58. The monoisotopic (exact) mass is 569 g/mol. The zero-order chi connectivity index (χ0) is 21.5. The predicted molar refractivity (Wildman–Crippen MR) is 122 cm³/mol. The van der Waals surface area contributed by atoms with Crippen molar-refractivity contribution >= 4 is 12.2 Å². The SMILES string of the molecule is CC.CC.CC1[CH-]O1.CC=Cc1ccccc1.COO/C=C\c1ccccc1.[W]. The first-order valence-corrected chi connectivity index (χ1v) is 9.84. The van der Waals surface area contributed by atoms with E-state index in [1.54, 1.807) is 6.61 Å². The molecular weight excluding hydrogens is 532 g/mol. The first-order chi connectivity index (χ1) is 13.8. The number of benzene rings is 2. The molecule has 162 valence electrons. The van der Waals surface area contributed by atoms with E-state index in [0.29, 0.717) is 6.10 Å². The number of epoxide rings is 1. The Morgan fingerprint density at radius 3 is 1.52 bits per heavy atom. The van der Waals surface area contributed by atoms with E-state index in [0.717, 1.165) is 5.56 Å².